The Morgan fingerprint density at radius 2 is 1.88 bits per heavy atom. The van der Waals surface area contributed by atoms with Gasteiger partial charge in [-0.3, -0.25) is 4.79 Å². The molecule has 24 heavy (non-hydrogen) atoms. The van der Waals surface area contributed by atoms with Crippen molar-refractivity contribution in [2.24, 2.45) is 0 Å². The molecule has 1 heterocycles. The number of benzene rings is 1. The third kappa shape index (κ3) is 4.58. The molecule has 0 radical (unpaired) electrons. The largest absolute Gasteiger partial charge is 0.337 e. The molecule has 0 saturated carbocycles. The fourth-order valence-corrected chi connectivity index (χ4v) is 2.62. The standard InChI is InChI=1S/C17H20Cl2N4O/c1-3-10-23(11-4-2)16(24)14-8-9-20-17(22-14)21-13-7-5-6-12(18)15(13)19/h5-9H,3-4,10-11H2,1-2H3,(H,20,21,22). The van der Waals surface area contributed by atoms with Gasteiger partial charge in [0, 0.05) is 19.3 Å². The Balaban J connectivity index is 2.22. The van der Waals surface area contributed by atoms with Crippen molar-refractivity contribution in [3.8, 4) is 0 Å². The molecule has 0 saturated heterocycles. The lowest BCUT2D eigenvalue weighted by molar-refractivity contribution is 0.0749. The summed E-state index contributed by atoms with van der Waals surface area (Å²) < 4.78 is 0. The van der Waals surface area contributed by atoms with E-state index in [4.69, 9.17) is 23.2 Å². The van der Waals surface area contributed by atoms with Gasteiger partial charge < -0.3 is 10.2 Å². The second kappa shape index (κ2) is 8.85. The van der Waals surface area contributed by atoms with Crippen LogP contribution < -0.4 is 5.32 Å². The van der Waals surface area contributed by atoms with Crippen LogP contribution in [0.2, 0.25) is 10.0 Å². The Morgan fingerprint density at radius 1 is 1.17 bits per heavy atom. The van der Waals surface area contributed by atoms with Crippen LogP contribution in [0.15, 0.2) is 30.5 Å². The van der Waals surface area contributed by atoms with Gasteiger partial charge in [-0.25, -0.2) is 9.97 Å². The van der Waals surface area contributed by atoms with E-state index in [0.717, 1.165) is 12.8 Å². The highest BCUT2D eigenvalue weighted by molar-refractivity contribution is 6.43. The lowest BCUT2D eigenvalue weighted by Gasteiger charge is -2.21. The topological polar surface area (TPSA) is 58.1 Å². The second-order valence-electron chi connectivity index (χ2n) is 5.28. The second-order valence-corrected chi connectivity index (χ2v) is 6.07. The summed E-state index contributed by atoms with van der Waals surface area (Å²) in [6.45, 7) is 5.51. The Hall–Kier alpha value is -1.85. The van der Waals surface area contributed by atoms with Gasteiger partial charge in [-0.05, 0) is 31.0 Å². The van der Waals surface area contributed by atoms with E-state index in [9.17, 15) is 4.79 Å². The van der Waals surface area contributed by atoms with Crippen molar-refractivity contribution in [2.75, 3.05) is 18.4 Å². The Morgan fingerprint density at radius 3 is 2.54 bits per heavy atom. The van der Waals surface area contributed by atoms with E-state index in [1.807, 2.05) is 13.8 Å². The molecular weight excluding hydrogens is 347 g/mol. The van der Waals surface area contributed by atoms with E-state index in [2.05, 4.69) is 15.3 Å². The number of amides is 1. The van der Waals surface area contributed by atoms with Crippen LogP contribution in [0.5, 0.6) is 0 Å². The van der Waals surface area contributed by atoms with Crippen molar-refractivity contribution in [3.63, 3.8) is 0 Å². The molecular formula is C17H20Cl2N4O. The molecule has 2 aromatic rings. The minimum atomic E-state index is -0.0960. The quantitative estimate of drug-likeness (QED) is 0.765. The van der Waals surface area contributed by atoms with E-state index in [1.165, 1.54) is 0 Å². The normalized spacial score (nSPS) is 10.5. The van der Waals surface area contributed by atoms with Crippen molar-refractivity contribution in [1.29, 1.82) is 0 Å². The van der Waals surface area contributed by atoms with Crippen molar-refractivity contribution in [3.05, 3.63) is 46.2 Å². The Bertz CT molecular complexity index is 703. The van der Waals surface area contributed by atoms with E-state index >= 15 is 0 Å². The number of hydrogen-bond donors (Lipinski definition) is 1. The first kappa shape index (κ1) is 18.5. The summed E-state index contributed by atoms with van der Waals surface area (Å²) in [6, 6.07) is 6.86. The average molecular weight is 367 g/mol. The van der Waals surface area contributed by atoms with Crippen LogP contribution in [0, 0.1) is 0 Å². The number of anilines is 2. The van der Waals surface area contributed by atoms with Gasteiger partial charge in [0.25, 0.3) is 5.91 Å². The Kier molecular flexibility index (Phi) is 6.82. The molecule has 1 amide bonds. The van der Waals surface area contributed by atoms with Gasteiger partial charge in [0.1, 0.15) is 5.69 Å². The number of carbonyl (C=O) groups is 1. The van der Waals surface area contributed by atoms with Gasteiger partial charge in [0.05, 0.1) is 15.7 Å². The van der Waals surface area contributed by atoms with Crippen LogP contribution >= 0.6 is 23.2 Å². The highest BCUT2D eigenvalue weighted by Crippen LogP contribution is 2.30. The molecule has 0 atom stereocenters. The molecule has 0 spiro atoms. The number of carbonyl (C=O) groups excluding carboxylic acids is 1. The summed E-state index contributed by atoms with van der Waals surface area (Å²) in [5, 5.41) is 3.83. The summed E-state index contributed by atoms with van der Waals surface area (Å²) in [5.41, 5.74) is 0.945. The van der Waals surface area contributed by atoms with Crippen LogP contribution in [-0.2, 0) is 0 Å². The highest BCUT2D eigenvalue weighted by atomic mass is 35.5. The van der Waals surface area contributed by atoms with Crippen molar-refractivity contribution >= 4 is 40.7 Å². The van der Waals surface area contributed by atoms with Crippen molar-refractivity contribution < 1.29 is 4.79 Å². The first-order valence-electron chi connectivity index (χ1n) is 7.90. The monoisotopic (exact) mass is 366 g/mol. The molecule has 2 rings (SSSR count). The molecule has 7 heteroatoms. The van der Waals surface area contributed by atoms with E-state index in [-0.39, 0.29) is 5.91 Å². The predicted octanol–water partition coefficient (Wildman–Crippen LogP) is 4.79. The average Bonchev–Trinajstić information content (AvgIpc) is 2.58. The van der Waals surface area contributed by atoms with Gasteiger partial charge in [0.15, 0.2) is 0 Å². The Labute approximate surface area is 152 Å². The molecule has 1 aromatic carbocycles. The number of hydrogen-bond acceptors (Lipinski definition) is 4. The zero-order valence-corrected chi connectivity index (χ0v) is 15.2. The maximum absolute atomic E-state index is 12.6. The maximum atomic E-state index is 12.6. The lowest BCUT2D eigenvalue weighted by Crippen LogP contribution is -2.33. The number of aromatic nitrogens is 2. The zero-order chi connectivity index (χ0) is 17.5. The molecule has 0 bridgehead atoms. The molecule has 0 aliphatic heterocycles. The van der Waals surface area contributed by atoms with Crippen LogP contribution in [-0.4, -0.2) is 33.9 Å². The van der Waals surface area contributed by atoms with Gasteiger partial charge in [0.2, 0.25) is 5.95 Å². The summed E-state index contributed by atoms with van der Waals surface area (Å²) in [5.74, 6) is 0.208. The SMILES string of the molecule is CCCN(CCC)C(=O)c1ccnc(Nc2cccc(Cl)c2Cl)n1. The van der Waals surface area contributed by atoms with Gasteiger partial charge >= 0.3 is 0 Å². The highest BCUT2D eigenvalue weighted by Gasteiger charge is 2.16. The maximum Gasteiger partial charge on any atom is 0.272 e. The third-order valence-corrected chi connectivity index (χ3v) is 4.17. The minimum absolute atomic E-state index is 0.0960. The molecule has 5 nitrogen and oxygen atoms in total. The summed E-state index contributed by atoms with van der Waals surface area (Å²) in [4.78, 5) is 22.9. The van der Waals surface area contributed by atoms with Crippen LogP contribution in [0.3, 0.4) is 0 Å². The number of nitrogens with zero attached hydrogens (tertiary/aromatic N) is 3. The van der Waals surface area contributed by atoms with Crippen LogP contribution in [0.4, 0.5) is 11.6 Å². The van der Waals surface area contributed by atoms with Crippen LogP contribution in [0.1, 0.15) is 37.2 Å². The molecule has 1 N–H and O–H groups in total. The zero-order valence-electron chi connectivity index (χ0n) is 13.7. The number of nitrogens with one attached hydrogen (secondary N) is 1. The summed E-state index contributed by atoms with van der Waals surface area (Å²) >= 11 is 12.2. The smallest absolute Gasteiger partial charge is 0.272 e. The molecule has 1 aromatic heterocycles. The molecule has 0 aliphatic rings. The molecule has 0 aliphatic carbocycles. The lowest BCUT2D eigenvalue weighted by atomic mass is 10.3. The first-order valence-corrected chi connectivity index (χ1v) is 8.65. The fraction of sp³-hybridized carbons (Fsp3) is 0.353. The van der Waals surface area contributed by atoms with Gasteiger partial charge in [-0.2, -0.15) is 0 Å². The molecule has 128 valence electrons. The van der Waals surface area contributed by atoms with E-state index < -0.39 is 0 Å². The first-order chi connectivity index (χ1) is 11.6. The van der Waals surface area contributed by atoms with Crippen molar-refractivity contribution in [1.82, 2.24) is 14.9 Å². The van der Waals surface area contributed by atoms with Gasteiger partial charge in [-0.15, -0.1) is 0 Å². The summed E-state index contributed by atoms with van der Waals surface area (Å²) in [7, 11) is 0. The molecule has 0 fully saturated rings. The minimum Gasteiger partial charge on any atom is -0.337 e. The fourth-order valence-electron chi connectivity index (χ4n) is 2.28. The van der Waals surface area contributed by atoms with E-state index in [1.54, 1.807) is 35.4 Å². The van der Waals surface area contributed by atoms with Crippen molar-refractivity contribution in [2.45, 2.75) is 26.7 Å². The predicted molar refractivity (Wildman–Crippen MR) is 98.3 cm³/mol. The third-order valence-electron chi connectivity index (χ3n) is 3.35. The molecule has 0 unspecified atom stereocenters. The van der Waals surface area contributed by atoms with E-state index in [0.29, 0.717) is 40.5 Å². The summed E-state index contributed by atoms with van der Waals surface area (Å²) in [6.07, 6.45) is 3.36. The number of rotatable bonds is 7. The van der Waals surface area contributed by atoms with Gasteiger partial charge in [-0.1, -0.05) is 43.1 Å². The van der Waals surface area contributed by atoms with Crippen LogP contribution in [0.25, 0.3) is 0 Å². The number of halogens is 2.